The lowest BCUT2D eigenvalue weighted by atomic mass is 10.1. The first-order valence-electron chi connectivity index (χ1n) is 5.80. The van der Waals surface area contributed by atoms with Crippen LogP contribution < -0.4 is 5.73 Å². The van der Waals surface area contributed by atoms with Crippen LogP contribution in [0.2, 0.25) is 0 Å². The summed E-state index contributed by atoms with van der Waals surface area (Å²) in [6.45, 7) is 0. The summed E-state index contributed by atoms with van der Waals surface area (Å²) < 4.78 is 0. The van der Waals surface area contributed by atoms with Gasteiger partial charge >= 0.3 is 0 Å². The van der Waals surface area contributed by atoms with E-state index in [0.717, 1.165) is 17.0 Å². The smallest absolute Gasteiger partial charge is 0.220 e. The molecule has 3 heterocycles. The number of nitrogen functional groups attached to an aromatic ring is 1. The molecule has 0 aliphatic heterocycles. The van der Waals surface area contributed by atoms with E-state index < -0.39 is 0 Å². The van der Waals surface area contributed by atoms with Gasteiger partial charge in [0.1, 0.15) is 5.69 Å². The molecule has 3 aromatic rings. The summed E-state index contributed by atoms with van der Waals surface area (Å²) in [5.74, 6) is 0.223. The first kappa shape index (κ1) is 11.3. The normalized spacial score (nSPS) is 10.3. The predicted octanol–water partition coefficient (Wildman–Crippen LogP) is 2.18. The molecule has 0 amide bonds. The second kappa shape index (κ2) is 4.81. The van der Waals surface area contributed by atoms with E-state index in [1.807, 2.05) is 36.4 Å². The molecule has 92 valence electrons. The topological polar surface area (TPSA) is 77.6 Å². The van der Waals surface area contributed by atoms with Crippen molar-refractivity contribution < 1.29 is 0 Å². The average molecular weight is 249 g/mol. The minimum Gasteiger partial charge on any atom is -0.368 e. The van der Waals surface area contributed by atoms with Crippen LogP contribution in [0.3, 0.4) is 0 Å². The zero-order valence-corrected chi connectivity index (χ0v) is 10.1. The van der Waals surface area contributed by atoms with Gasteiger partial charge in [0.2, 0.25) is 5.95 Å². The first-order valence-corrected chi connectivity index (χ1v) is 5.80. The highest BCUT2D eigenvalue weighted by atomic mass is 15.0. The van der Waals surface area contributed by atoms with Crippen LogP contribution in [0.5, 0.6) is 0 Å². The van der Waals surface area contributed by atoms with Gasteiger partial charge in [0.15, 0.2) is 0 Å². The van der Waals surface area contributed by atoms with Gasteiger partial charge in [-0.3, -0.25) is 9.97 Å². The van der Waals surface area contributed by atoms with Gasteiger partial charge in [-0.15, -0.1) is 0 Å². The molecule has 5 heteroatoms. The van der Waals surface area contributed by atoms with E-state index in [4.69, 9.17) is 5.73 Å². The molecule has 3 rings (SSSR count). The summed E-state index contributed by atoms with van der Waals surface area (Å²) in [6.07, 6.45) is 5.12. The van der Waals surface area contributed by atoms with Gasteiger partial charge in [-0.25, -0.2) is 9.97 Å². The molecule has 0 aromatic carbocycles. The van der Waals surface area contributed by atoms with Gasteiger partial charge in [-0.05, 0) is 24.3 Å². The zero-order chi connectivity index (χ0) is 13.1. The summed E-state index contributed by atoms with van der Waals surface area (Å²) in [5, 5.41) is 0. The number of anilines is 1. The van der Waals surface area contributed by atoms with Gasteiger partial charge in [0.05, 0.1) is 11.4 Å². The SMILES string of the molecule is Nc1ncc(-c2ccccn2)c(-c2ccccn2)n1. The highest BCUT2D eigenvalue weighted by Gasteiger charge is 2.12. The van der Waals surface area contributed by atoms with Crippen LogP contribution in [-0.4, -0.2) is 19.9 Å². The molecular formula is C14H11N5. The van der Waals surface area contributed by atoms with Crippen molar-refractivity contribution >= 4 is 5.95 Å². The Morgan fingerprint density at radius 2 is 1.47 bits per heavy atom. The molecule has 0 atom stereocenters. The minimum atomic E-state index is 0.223. The quantitative estimate of drug-likeness (QED) is 0.753. The van der Waals surface area contributed by atoms with Crippen molar-refractivity contribution in [2.24, 2.45) is 0 Å². The maximum absolute atomic E-state index is 5.67. The molecule has 0 aliphatic rings. The molecule has 0 fully saturated rings. The maximum atomic E-state index is 5.67. The van der Waals surface area contributed by atoms with Crippen LogP contribution in [0.1, 0.15) is 0 Å². The summed E-state index contributed by atoms with van der Waals surface area (Å²) in [7, 11) is 0. The van der Waals surface area contributed by atoms with Crippen LogP contribution >= 0.6 is 0 Å². The number of hydrogen-bond acceptors (Lipinski definition) is 5. The van der Waals surface area contributed by atoms with Crippen LogP contribution in [0.4, 0.5) is 5.95 Å². The lowest BCUT2D eigenvalue weighted by Gasteiger charge is -2.07. The minimum absolute atomic E-state index is 0.223. The van der Waals surface area contributed by atoms with E-state index >= 15 is 0 Å². The maximum Gasteiger partial charge on any atom is 0.220 e. The van der Waals surface area contributed by atoms with Crippen molar-refractivity contribution in [2.75, 3.05) is 5.73 Å². The first-order chi connectivity index (χ1) is 9.34. The summed E-state index contributed by atoms with van der Waals surface area (Å²) in [6, 6.07) is 11.3. The summed E-state index contributed by atoms with van der Waals surface area (Å²) >= 11 is 0. The third-order valence-electron chi connectivity index (χ3n) is 2.66. The number of nitrogens with zero attached hydrogens (tertiary/aromatic N) is 4. The lowest BCUT2D eigenvalue weighted by Crippen LogP contribution is -2.00. The molecule has 0 aliphatic carbocycles. The third-order valence-corrected chi connectivity index (χ3v) is 2.66. The largest absolute Gasteiger partial charge is 0.368 e. The van der Waals surface area contributed by atoms with Crippen LogP contribution in [-0.2, 0) is 0 Å². The van der Waals surface area contributed by atoms with E-state index in [1.54, 1.807) is 18.6 Å². The van der Waals surface area contributed by atoms with Crippen molar-refractivity contribution in [2.45, 2.75) is 0 Å². The van der Waals surface area contributed by atoms with Crippen molar-refractivity contribution in [1.29, 1.82) is 0 Å². The fourth-order valence-corrected chi connectivity index (χ4v) is 1.80. The van der Waals surface area contributed by atoms with E-state index in [-0.39, 0.29) is 5.95 Å². The zero-order valence-electron chi connectivity index (χ0n) is 10.1. The number of rotatable bonds is 2. The molecule has 0 saturated carbocycles. The van der Waals surface area contributed by atoms with Gasteiger partial charge in [-0.2, -0.15) is 0 Å². The molecule has 0 spiro atoms. The highest BCUT2D eigenvalue weighted by molar-refractivity contribution is 5.76. The van der Waals surface area contributed by atoms with Crippen molar-refractivity contribution in [3.05, 3.63) is 55.0 Å². The second-order valence-electron chi connectivity index (χ2n) is 3.92. The van der Waals surface area contributed by atoms with Crippen LogP contribution in [0.25, 0.3) is 22.6 Å². The van der Waals surface area contributed by atoms with Gasteiger partial charge in [0, 0.05) is 24.2 Å². The number of aromatic nitrogens is 4. The van der Waals surface area contributed by atoms with Crippen molar-refractivity contribution in [1.82, 2.24) is 19.9 Å². The monoisotopic (exact) mass is 249 g/mol. The molecule has 0 saturated heterocycles. The van der Waals surface area contributed by atoms with E-state index in [1.165, 1.54) is 0 Å². The Balaban J connectivity index is 2.21. The number of hydrogen-bond donors (Lipinski definition) is 1. The van der Waals surface area contributed by atoms with E-state index in [9.17, 15) is 0 Å². The molecule has 5 nitrogen and oxygen atoms in total. The predicted molar refractivity (Wildman–Crippen MR) is 72.9 cm³/mol. The number of nitrogens with two attached hydrogens (primary N) is 1. The third kappa shape index (κ3) is 2.26. The molecule has 2 N–H and O–H groups in total. The van der Waals surface area contributed by atoms with E-state index in [0.29, 0.717) is 5.69 Å². The Morgan fingerprint density at radius 1 is 0.789 bits per heavy atom. The Morgan fingerprint density at radius 3 is 2.11 bits per heavy atom. The summed E-state index contributed by atoms with van der Waals surface area (Å²) in [4.78, 5) is 16.9. The Kier molecular flexibility index (Phi) is 2.86. The molecule has 0 bridgehead atoms. The Bertz CT molecular complexity index is 683. The van der Waals surface area contributed by atoms with Crippen molar-refractivity contribution in [3.8, 4) is 22.6 Å². The highest BCUT2D eigenvalue weighted by Crippen LogP contribution is 2.27. The standard InChI is InChI=1S/C14H11N5/c15-14-18-9-10(11-5-1-3-7-16-11)13(19-14)12-6-2-4-8-17-12/h1-9H,(H2,15,18,19). The van der Waals surface area contributed by atoms with Gasteiger partial charge in [0.25, 0.3) is 0 Å². The number of pyridine rings is 2. The average Bonchev–Trinajstić information content (AvgIpc) is 2.49. The molecule has 3 aromatic heterocycles. The fourth-order valence-electron chi connectivity index (χ4n) is 1.80. The molecule has 19 heavy (non-hydrogen) atoms. The Hall–Kier alpha value is -2.82. The second-order valence-corrected chi connectivity index (χ2v) is 3.92. The van der Waals surface area contributed by atoms with Crippen molar-refractivity contribution in [3.63, 3.8) is 0 Å². The van der Waals surface area contributed by atoms with Crippen LogP contribution in [0, 0.1) is 0 Å². The molecule has 0 radical (unpaired) electrons. The lowest BCUT2D eigenvalue weighted by molar-refractivity contribution is 1.16. The Labute approximate surface area is 110 Å². The molecule has 0 unspecified atom stereocenters. The molecular weight excluding hydrogens is 238 g/mol. The van der Waals surface area contributed by atoms with Gasteiger partial charge in [-0.1, -0.05) is 12.1 Å². The van der Waals surface area contributed by atoms with E-state index in [2.05, 4.69) is 19.9 Å². The van der Waals surface area contributed by atoms with Gasteiger partial charge < -0.3 is 5.73 Å². The summed E-state index contributed by atoms with van der Waals surface area (Å²) in [5.41, 5.74) is 8.71. The van der Waals surface area contributed by atoms with Crippen LogP contribution in [0.15, 0.2) is 55.0 Å². The fraction of sp³-hybridized carbons (Fsp3) is 0.